The van der Waals surface area contributed by atoms with Crippen molar-refractivity contribution in [2.45, 2.75) is 6.54 Å². The highest BCUT2D eigenvalue weighted by atomic mass is 35.5. The number of carbonyl (C=O) groups excluding carboxylic acids is 1. The molecule has 1 amide bonds. The maximum Gasteiger partial charge on any atom is 0.273 e. The van der Waals surface area contributed by atoms with Crippen LogP contribution in [0.15, 0.2) is 48.5 Å². The third-order valence-corrected chi connectivity index (χ3v) is 6.28. The molecule has 0 unspecified atom stereocenters. The van der Waals surface area contributed by atoms with Gasteiger partial charge in [0, 0.05) is 54.8 Å². The lowest BCUT2D eigenvalue weighted by atomic mass is 10.2. The third-order valence-electron chi connectivity index (χ3n) is 4.96. The van der Waals surface area contributed by atoms with Crippen LogP contribution in [0.4, 0.5) is 5.69 Å². The highest BCUT2D eigenvalue weighted by molar-refractivity contribution is 7.99. The number of fused-ring (bicyclic) bond motifs is 1. The monoisotopic (exact) mass is 399 g/mol. The minimum atomic E-state index is -0.190. The largest absolute Gasteiger partial charge is 0.338 e. The predicted molar refractivity (Wildman–Crippen MR) is 115 cm³/mol. The molecule has 0 radical (unpaired) electrons. The van der Waals surface area contributed by atoms with Gasteiger partial charge >= 0.3 is 0 Å². The van der Waals surface area contributed by atoms with Crippen molar-refractivity contribution in [3.8, 4) is 0 Å². The number of aromatic nitrogens is 1. The van der Waals surface area contributed by atoms with Crippen LogP contribution in [0.25, 0.3) is 10.9 Å². The van der Waals surface area contributed by atoms with Crippen LogP contribution in [0.2, 0.25) is 5.02 Å². The Morgan fingerprint density at radius 3 is 2.70 bits per heavy atom. The predicted octanol–water partition coefficient (Wildman–Crippen LogP) is 4.63. The Balaban J connectivity index is 1.54. The van der Waals surface area contributed by atoms with Crippen molar-refractivity contribution in [2.75, 3.05) is 29.9 Å². The minimum absolute atomic E-state index is 0.190. The van der Waals surface area contributed by atoms with E-state index in [1.54, 1.807) is 0 Å². The quantitative estimate of drug-likeness (QED) is 0.694. The molecule has 27 heavy (non-hydrogen) atoms. The molecule has 2 heterocycles. The molecular weight excluding hydrogens is 378 g/mol. The van der Waals surface area contributed by atoms with E-state index >= 15 is 0 Å². The number of para-hydroxylation sites is 1. The van der Waals surface area contributed by atoms with Crippen molar-refractivity contribution < 1.29 is 4.79 Å². The molecule has 1 fully saturated rings. The minimum Gasteiger partial charge on any atom is -0.338 e. The Bertz CT molecular complexity index is 940. The average molecular weight is 400 g/mol. The van der Waals surface area contributed by atoms with Gasteiger partial charge in [-0.15, -0.1) is 0 Å². The van der Waals surface area contributed by atoms with Gasteiger partial charge < -0.3 is 9.88 Å². The second-order valence-corrected chi connectivity index (χ2v) is 8.38. The first kappa shape index (κ1) is 18.4. The van der Waals surface area contributed by atoms with Gasteiger partial charge in [-0.3, -0.25) is 9.69 Å². The van der Waals surface area contributed by atoms with Crippen LogP contribution >= 0.6 is 23.4 Å². The summed E-state index contributed by atoms with van der Waals surface area (Å²) in [5, 5.41) is 4.40. The van der Waals surface area contributed by atoms with Crippen molar-refractivity contribution in [2.24, 2.45) is 7.05 Å². The Kier molecular flexibility index (Phi) is 5.43. The van der Waals surface area contributed by atoms with Gasteiger partial charge in [0.2, 0.25) is 0 Å². The summed E-state index contributed by atoms with van der Waals surface area (Å²) in [6, 6.07) is 15.9. The highest BCUT2D eigenvalue weighted by Gasteiger charge is 2.20. The van der Waals surface area contributed by atoms with Gasteiger partial charge in [-0.05, 0) is 23.8 Å². The maximum atomic E-state index is 12.9. The van der Waals surface area contributed by atoms with Gasteiger partial charge in [-0.1, -0.05) is 41.9 Å². The van der Waals surface area contributed by atoms with Gasteiger partial charge in [0.15, 0.2) is 0 Å². The number of aryl methyl sites for hydroxylation is 1. The SMILES string of the molecule is Cn1c(C(=O)Nc2cccc(CN3CCSCC3)c2)c(Cl)c2ccccc21. The van der Waals surface area contributed by atoms with Crippen LogP contribution in [0.5, 0.6) is 0 Å². The Morgan fingerprint density at radius 1 is 1.15 bits per heavy atom. The molecule has 0 saturated carbocycles. The molecule has 4 nitrogen and oxygen atoms in total. The molecule has 3 aromatic rings. The molecule has 1 aliphatic rings. The van der Waals surface area contributed by atoms with Gasteiger partial charge in [0.25, 0.3) is 5.91 Å². The molecule has 6 heteroatoms. The summed E-state index contributed by atoms with van der Waals surface area (Å²) in [7, 11) is 1.87. The topological polar surface area (TPSA) is 37.3 Å². The number of nitrogens with zero attached hydrogens (tertiary/aromatic N) is 2. The van der Waals surface area contributed by atoms with Crippen LogP contribution in [0.3, 0.4) is 0 Å². The van der Waals surface area contributed by atoms with Crippen molar-refractivity contribution >= 4 is 45.9 Å². The third kappa shape index (κ3) is 3.86. The molecule has 1 saturated heterocycles. The number of amides is 1. The van der Waals surface area contributed by atoms with Crippen LogP contribution in [-0.2, 0) is 13.6 Å². The highest BCUT2D eigenvalue weighted by Crippen LogP contribution is 2.30. The summed E-state index contributed by atoms with van der Waals surface area (Å²) < 4.78 is 1.85. The van der Waals surface area contributed by atoms with Crippen LogP contribution < -0.4 is 5.32 Å². The number of hydrogen-bond donors (Lipinski definition) is 1. The fraction of sp³-hybridized carbons (Fsp3) is 0.286. The summed E-state index contributed by atoms with van der Waals surface area (Å²) in [6.45, 7) is 3.15. The van der Waals surface area contributed by atoms with Crippen LogP contribution in [-0.4, -0.2) is 40.0 Å². The normalized spacial score (nSPS) is 15.2. The maximum absolute atomic E-state index is 12.9. The number of halogens is 1. The smallest absolute Gasteiger partial charge is 0.273 e. The van der Waals surface area contributed by atoms with Gasteiger partial charge in [-0.2, -0.15) is 11.8 Å². The first-order valence-electron chi connectivity index (χ1n) is 9.07. The van der Waals surface area contributed by atoms with E-state index in [1.807, 2.05) is 59.8 Å². The lowest BCUT2D eigenvalue weighted by molar-refractivity contribution is 0.102. The van der Waals surface area contributed by atoms with Gasteiger partial charge in [0.05, 0.1) is 5.02 Å². The Morgan fingerprint density at radius 2 is 1.93 bits per heavy atom. The van der Waals surface area contributed by atoms with E-state index in [4.69, 9.17) is 11.6 Å². The molecule has 0 bridgehead atoms. The zero-order valence-corrected chi connectivity index (χ0v) is 16.8. The lowest BCUT2D eigenvalue weighted by Crippen LogP contribution is -2.31. The second-order valence-electron chi connectivity index (χ2n) is 6.78. The van der Waals surface area contributed by atoms with E-state index in [0.717, 1.165) is 36.2 Å². The first-order valence-corrected chi connectivity index (χ1v) is 10.6. The molecule has 1 aromatic heterocycles. The zero-order valence-electron chi connectivity index (χ0n) is 15.2. The van der Waals surface area contributed by atoms with E-state index < -0.39 is 0 Å². The summed E-state index contributed by atoms with van der Waals surface area (Å²) in [5.41, 5.74) is 3.44. The number of rotatable bonds is 4. The average Bonchev–Trinajstić information content (AvgIpc) is 2.94. The number of nitrogens with one attached hydrogen (secondary N) is 1. The van der Waals surface area contributed by atoms with Crippen molar-refractivity contribution in [1.82, 2.24) is 9.47 Å². The van der Waals surface area contributed by atoms with E-state index in [2.05, 4.69) is 22.3 Å². The summed E-state index contributed by atoms with van der Waals surface area (Å²) in [6.07, 6.45) is 0. The van der Waals surface area contributed by atoms with Crippen molar-refractivity contribution in [1.29, 1.82) is 0 Å². The molecule has 0 atom stereocenters. The Hall–Kier alpha value is -1.95. The lowest BCUT2D eigenvalue weighted by Gasteiger charge is -2.26. The number of thioether (sulfide) groups is 1. The molecule has 140 valence electrons. The van der Waals surface area contributed by atoms with E-state index in [0.29, 0.717) is 10.7 Å². The van der Waals surface area contributed by atoms with Crippen molar-refractivity contribution in [3.63, 3.8) is 0 Å². The molecule has 0 spiro atoms. The Labute approximate surface area is 168 Å². The van der Waals surface area contributed by atoms with Gasteiger partial charge in [-0.25, -0.2) is 0 Å². The number of hydrogen-bond acceptors (Lipinski definition) is 3. The van der Waals surface area contributed by atoms with E-state index in [1.165, 1.54) is 17.1 Å². The molecule has 2 aromatic carbocycles. The van der Waals surface area contributed by atoms with Crippen LogP contribution in [0, 0.1) is 0 Å². The number of carbonyl (C=O) groups is 1. The summed E-state index contributed by atoms with van der Waals surface area (Å²) >= 11 is 8.50. The van der Waals surface area contributed by atoms with E-state index in [9.17, 15) is 4.79 Å². The molecule has 4 rings (SSSR count). The fourth-order valence-corrected chi connectivity index (χ4v) is 4.91. The summed E-state index contributed by atoms with van der Waals surface area (Å²) in [4.78, 5) is 15.4. The molecule has 1 aliphatic heterocycles. The van der Waals surface area contributed by atoms with E-state index in [-0.39, 0.29) is 5.91 Å². The number of benzene rings is 2. The fourth-order valence-electron chi connectivity index (χ4n) is 3.55. The van der Waals surface area contributed by atoms with Crippen molar-refractivity contribution in [3.05, 3.63) is 64.8 Å². The molecule has 1 N–H and O–H groups in total. The number of anilines is 1. The molecular formula is C21H22ClN3OS. The molecule has 0 aliphatic carbocycles. The zero-order chi connectivity index (χ0) is 18.8. The first-order chi connectivity index (χ1) is 13.1. The standard InChI is InChI=1S/C21H22ClN3OS/c1-24-18-8-3-2-7-17(18)19(22)20(24)21(26)23-16-6-4-5-15(13-16)14-25-9-11-27-12-10-25/h2-8,13H,9-12,14H2,1H3,(H,23,26). The second kappa shape index (κ2) is 7.97. The summed E-state index contributed by atoms with van der Waals surface area (Å²) in [5.74, 6) is 2.19. The van der Waals surface area contributed by atoms with Crippen LogP contribution in [0.1, 0.15) is 16.1 Å². The van der Waals surface area contributed by atoms with Gasteiger partial charge in [0.1, 0.15) is 5.69 Å².